The molecule has 1 spiro atoms. The zero-order valence-electron chi connectivity index (χ0n) is 14.9. The van der Waals surface area contributed by atoms with Gasteiger partial charge in [0.2, 0.25) is 5.91 Å². The van der Waals surface area contributed by atoms with E-state index in [9.17, 15) is 4.79 Å². The van der Waals surface area contributed by atoms with Crippen LogP contribution in [-0.2, 0) is 14.3 Å². The zero-order chi connectivity index (χ0) is 16.4. The molecule has 0 aromatic heterocycles. The molecule has 2 atom stereocenters. The lowest BCUT2D eigenvalue weighted by atomic mass is 9.89. The molecule has 1 aliphatic carbocycles. The van der Waals surface area contributed by atoms with Crippen LogP contribution < -0.4 is 0 Å². The van der Waals surface area contributed by atoms with Crippen molar-refractivity contribution in [2.24, 2.45) is 0 Å². The third-order valence-electron chi connectivity index (χ3n) is 6.54. The number of amides is 1. The normalized spacial score (nSPS) is 35.3. The fraction of sp³-hybridized carbons (Fsp3) is 0.947. The second-order valence-electron chi connectivity index (χ2n) is 8.20. The van der Waals surface area contributed by atoms with Gasteiger partial charge in [-0.05, 0) is 58.0 Å². The van der Waals surface area contributed by atoms with Crippen LogP contribution in [0.15, 0.2) is 0 Å². The molecule has 1 saturated carbocycles. The summed E-state index contributed by atoms with van der Waals surface area (Å²) in [5.74, 6) is 0.158. The van der Waals surface area contributed by atoms with E-state index in [-0.39, 0.29) is 18.1 Å². The summed E-state index contributed by atoms with van der Waals surface area (Å²) in [6.07, 6.45) is 11.0. The van der Waals surface area contributed by atoms with Crippen molar-refractivity contribution < 1.29 is 14.3 Å². The third-order valence-corrected chi connectivity index (χ3v) is 6.54. The van der Waals surface area contributed by atoms with Gasteiger partial charge in [-0.1, -0.05) is 12.8 Å². The van der Waals surface area contributed by atoms with Gasteiger partial charge in [0.15, 0.2) is 0 Å². The second kappa shape index (κ2) is 7.30. The molecule has 24 heavy (non-hydrogen) atoms. The van der Waals surface area contributed by atoms with Crippen LogP contribution in [0.25, 0.3) is 0 Å². The number of ether oxygens (including phenoxy) is 2. The van der Waals surface area contributed by atoms with Gasteiger partial charge in [0.25, 0.3) is 0 Å². The van der Waals surface area contributed by atoms with E-state index < -0.39 is 0 Å². The van der Waals surface area contributed by atoms with Crippen molar-refractivity contribution in [3.8, 4) is 0 Å². The first kappa shape index (κ1) is 16.8. The molecule has 1 amide bonds. The summed E-state index contributed by atoms with van der Waals surface area (Å²) in [4.78, 5) is 17.1. The highest BCUT2D eigenvalue weighted by Gasteiger charge is 2.45. The quantitative estimate of drug-likeness (QED) is 0.789. The smallest absolute Gasteiger partial charge is 0.248 e. The summed E-state index contributed by atoms with van der Waals surface area (Å²) in [6.45, 7) is 5.21. The fourth-order valence-electron chi connectivity index (χ4n) is 5.10. The molecule has 5 heteroatoms. The number of carbonyl (C=O) groups is 1. The summed E-state index contributed by atoms with van der Waals surface area (Å²) in [7, 11) is 0. The molecule has 0 N–H and O–H groups in total. The largest absolute Gasteiger partial charge is 0.373 e. The lowest BCUT2D eigenvalue weighted by Gasteiger charge is -2.41. The molecule has 0 aromatic carbocycles. The highest BCUT2D eigenvalue weighted by molar-refractivity contribution is 5.78. The van der Waals surface area contributed by atoms with Crippen molar-refractivity contribution in [3.63, 3.8) is 0 Å². The van der Waals surface area contributed by atoms with E-state index in [1.807, 2.05) is 4.90 Å². The van der Waals surface area contributed by atoms with Gasteiger partial charge in [0, 0.05) is 25.7 Å². The van der Waals surface area contributed by atoms with Crippen LogP contribution in [-0.4, -0.2) is 72.8 Å². The van der Waals surface area contributed by atoms with Crippen LogP contribution >= 0.6 is 0 Å². The van der Waals surface area contributed by atoms with Crippen molar-refractivity contribution in [1.82, 2.24) is 9.80 Å². The van der Waals surface area contributed by atoms with Crippen LogP contribution in [0.5, 0.6) is 0 Å². The van der Waals surface area contributed by atoms with E-state index in [1.54, 1.807) is 0 Å². The minimum absolute atomic E-state index is 0.0888. The Labute approximate surface area is 145 Å². The van der Waals surface area contributed by atoms with Crippen molar-refractivity contribution in [2.75, 3.05) is 39.4 Å². The molecule has 0 radical (unpaired) electrons. The minimum Gasteiger partial charge on any atom is -0.373 e. The molecule has 136 valence electrons. The molecule has 4 rings (SSSR count). The fourth-order valence-corrected chi connectivity index (χ4v) is 5.10. The van der Waals surface area contributed by atoms with E-state index in [2.05, 4.69) is 4.90 Å². The summed E-state index contributed by atoms with van der Waals surface area (Å²) < 4.78 is 12.0. The summed E-state index contributed by atoms with van der Waals surface area (Å²) >= 11 is 0. The number of hydrogen-bond donors (Lipinski definition) is 0. The van der Waals surface area contributed by atoms with Gasteiger partial charge in [0.05, 0.1) is 11.7 Å². The Morgan fingerprint density at radius 1 is 1.08 bits per heavy atom. The van der Waals surface area contributed by atoms with Gasteiger partial charge in [-0.25, -0.2) is 0 Å². The maximum absolute atomic E-state index is 12.5. The summed E-state index contributed by atoms with van der Waals surface area (Å²) in [5.41, 5.74) is -0.0888. The predicted molar refractivity (Wildman–Crippen MR) is 91.9 cm³/mol. The van der Waals surface area contributed by atoms with E-state index in [0.717, 1.165) is 51.8 Å². The average Bonchev–Trinajstić information content (AvgIpc) is 3.35. The third kappa shape index (κ3) is 3.63. The minimum atomic E-state index is -0.0888. The van der Waals surface area contributed by atoms with Crippen LogP contribution in [0.1, 0.15) is 57.8 Å². The number of likely N-dealkylation sites (tertiary alicyclic amines) is 2. The van der Waals surface area contributed by atoms with Crippen LogP contribution in [0.3, 0.4) is 0 Å². The second-order valence-corrected chi connectivity index (χ2v) is 8.20. The Hall–Kier alpha value is -0.650. The zero-order valence-corrected chi connectivity index (χ0v) is 14.9. The SMILES string of the molecule is O=C(COC1CCCC1)N1CC[C@@]2(C[C@H](N3CCCC3)CCO2)C1. The highest BCUT2D eigenvalue weighted by atomic mass is 16.5. The van der Waals surface area contributed by atoms with Crippen molar-refractivity contribution in [2.45, 2.75) is 75.5 Å². The lowest BCUT2D eigenvalue weighted by Crippen LogP contribution is -2.50. The van der Waals surface area contributed by atoms with E-state index in [1.165, 1.54) is 38.8 Å². The molecule has 3 heterocycles. The molecule has 0 bridgehead atoms. The Morgan fingerprint density at radius 2 is 1.88 bits per heavy atom. The topological polar surface area (TPSA) is 42.0 Å². The standard InChI is InChI=1S/C19H32N2O3/c22-18(14-23-17-5-1-2-6-17)21-11-8-19(15-21)13-16(7-12-24-19)20-9-3-4-10-20/h16-17H,1-15H2/t16-,19-/m1/s1. The van der Waals surface area contributed by atoms with Gasteiger partial charge in [0.1, 0.15) is 6.61 Å². The molecule has 5 nitrogen and oxygen atoms in total. The van der Waals surface area contributed by atoms with Gasteiger partial charge in [-0.15, -0.1) is 0 Å². The predicted octanol–water partition coefficient (Wildman–Crippen LogP) is 2.19. The molecule has 3 aliphatic heterocycles. The Morgan fingerprint density at radius 3 is 2.67 bits per heavy atom. The van der Waals surface area contributed by atoms with Gasteiger partial charge < -0.3 is 19.3 Å². The molecule has 3 saturated heterocycles. The summed E-state index contributed by atoms with van der Waals surface area (Å²) in [6, 6.07) is 0.658. The highest BCUT2D eigenvalue weighted by Crippen LogP contribution is 2.37. The molecular weight excluding hydrogens is 304 g/mol. The first-order valence-corrected chi connectivity index (χ1v) is 10.0. The van der Waals surface area contributed by atoms with Crippen molar-refractivity contribution >= 4 is 5.91 Å². The molecule has 4 aliphatic rings. The Balaban J connectivity index is 1.28. The maximum Gasteiger partial charge on any atom is 0.248 e. The molecule has 0 aromatic rings. The first-order chi connectivity index (χ1) is 11.7. The van der Waals surface area contributed by atoms with Crippen molar-refractivity contribution in [1.29, 1.82) is 0 Å². The molecule has 4 fully saturated rings. The van der Waals surface area contributed by atoms with Crippen LogP contribution in [0, 0.1) is 0 Å². The van der Waals surface area contributed by atoms with Crippen LogP contribution in [0.2, 0.25) is 0 Å². The Bertz CT molecular complexity index is 446. The average molecular weight is 336 g/mol. The van der Waals surface area contributed by atoms with Gasteiger partial charge in [-0.3, -0.25) is 4.79 Å². The van der Waals surface area contributed by atoms with Crippen molar-refractivity contribution in [3.05, 3.63) is 0 Å². The monoisotopic (exact) mass is 336 g/mol. The molecular formula is C19H32N2O3. The van der Waals surface area contributed by atoms with E-state index in [0.29, 0.717) is 12.1 Å². The van der Waals surface area contributed by atoms with Crippen LogP contribution in [0.4, 0.5) is 0 Å². The maximum atomic E-state index is 12.5. The number of carbonyl (C=O) groups excluding carboxylic acids is 1. The first-order valence-electron chi connectivity index (χ1n) is 10.0. The van der Waals surface area contributed by atoms with E-state index in [4.69, 9.17) is 9.47 Å². The summed E-state index contributed by atoms with van der Waals surface area (Å²) in [5, 5.41) is 0. The van der Waals surface area contributed by atoms with E-state index >= 15 is 0 Å². The number of rotatable bonds is 4. The van der Waals surface area contributed by atoms with Gasteiger partial charge >= 0.3 is 0 Å². The van der Waals surface area contributed by atoms with Gasteiger partial charge in [-0.2, -0.15) is 0 Å². The lowest BCUT2D eigenvalue weighted by molar-refractivity contribution is -0.140. The Kier molecular flexibility index (Phi) is 5.11. The number of hydrogen-bond acceptors (Lipinski definition) is 4. The number of nitrogens with zero attached hydrogens (tertiary/aromatic N) is 2. The molecule has 0 unspecified atom stereocenters.